The van der Waals surface area contributed by atoms with Crippen LogP contribution >= 0.6 is 11.9 Å². The van der Waals surface area contributed by atoms with E-state index in [0.717, 1.165) is 11.9 Å². The Hall–Kier alpha value is -0.550. The molecule has 1 amide bonds. The molecule has 1 radical (unpaired) electrons. The first kappa shape index (κ1) is 12.4. The van der Waals surface area contributed by atoms with Gasteiger partial charge in [-0.25, -0.2) is 0 Å². The highest BCUT2D eigenvalue weighted by Crippen LogP contribution is 2.12. The lowest BCUT2D eigenvalue weighted by Gasteiger charge is -2.18. The average molecular weight is 203 g/mol. The maximum atomic E-state index is 11.3. The second kappa shape index (κ2) is 5.24. The van der Waals surface area contributed by atoms with Crippen molar-refractivity contribution in [2.45, 2.75) is 26.0 Å². The third-order valence-corrected chi connectivity index (χ3v) is 2.02. The maximum Gasteiger partial charge on any atom is 0.225 e. The molecule has 0 aromatic heterocycles. The van der Waals surface area contributed by atoms with Crippen LogP contribution in [0.3, 0.4) is 0 Å². The quantitative estimate of drug-likeness (QED) is 0.642. The highest BCUT2D eigenvalue weighted by Gasteiger charge is 2.21. The molecule has 0 rings (SSSR count). The molecule has 0 saturated heterocycles. The van der Waals surface area contributed by atoms with E-state index >= 15 is 0 Å². The van der Waals surface area contributed by atoms with Gasteiger partial charge in [-0.2, -0.15) is 0 Å². The summed E-state index contributed by atoms with van der Waals surface area (Å²) in [5.74, 6) is -0.0956. The van der Waals surface area contributed by atoms with Crippen molar-refractivity contribution in [2.24, 2.45) is 10.6 Å². The molecule has 0 aliphatic rings. The largest absolute Gasteiger partial charge is 0.354 e. The molecular formula is C8H15N2O2S. The van der Waals surface area contributed by atoms with E-state index in [1.807, 2.05) is 0 Å². The zero-order chi connectivity index (χ0) is 10.5. The Morgan fingerprint density at radius 1 is 1.62 bits per heavy atom. The van der Waals surface area contributed by atoms with E-state index in [0.29, 0.717) is 0 Å². The van der Waals surface area contributed by atoms with Crippen molar-refractivity contribution in [3.8, 4) is 0 Å². The number of amides is 1. The van der Waals surface area contributed by atoms with Crippen molar-refractivity contribution in [3.05, 3.63) is 0 Å². The van der Waals surface area contributed by atoms with E-state index < -0.39 is 10.7 Å². The van der Waals surface area contributed by atoms with Gasteiger partial charge in [-0.1, -0.05) is 32.7 Å². The number of carbonyl (C=O) groups is 1. The first-order valence-electron chi connectivity index (χ1n) is 3.93. The fourth-order valence-electron chi connectivity index (χ4n) is 0.568. The monoisotopic (exact) mass is 203 g/mol. The molecule has 0 bridgehead atoms. The molecule has 0 spiro atoms. The van der Waals surface area contributed by atoms with Gasteiger partial charge < -0.3 is 5.32 Å². The Labute approximate surface area is 82.8 Å². The summed E-state index contributed by atoms with van der Waals surface area (Å²) >= 11 is 0.884. The van der Waals surface area contributed by atoms with Gasteiger partial charge in [0, 0.05) is 12.0 Å². The van der Waals surface area contributed by atoms with E-state index in [9.17, 15) is 9.59 Å². The highest BCUT2D eigenvalue weighted by atomic mass is 32.2. The Kier molecular flexibility index (Phi) is 5.02. The standard InChI is InChI=1S/C8H15N2O2S/c1-8(2,3)7(12)10-4-6(5-11)13-9/h6H,4,9H2,1-3H3,(H,10,12). The molecule has 0 aromatic rings. The van der Waals surface area contributed by atoms with Crippen LogP contribution in [-0.4, -0.2) is 24.0 Å². The van der Waals surface area contributed by atoms with Gasteiger partial charge in [-0.15, -0.1) is 0 Å². The van der Waals surface area contributed by atoms with Crippen molar-refractivity contribution >= 4 is 24.1 Å². The van der Waals surface area contributed by atoms with Crippen LogP contribution in [0.4, 0.5) is 0 Å². The molecule has 75 valence electrons. The van der Waals surface area contributed by atoms with Crippen molar-refractivity contribution in [3.63, 3.8) is 0 Å². The topological polar surface area (TPSA) is 72.2 Å². The minimum Gasteiger partial charge on any atom is -0.354 e. The van der Waals surface area contributed by atoms with Crippen LogP contribution in [0, 0.1) is 5.41 Å². The molecular weight excluding hydrogens is 188 g/mol. The minimum absolute atomic E-state index is 0.0956. The minimum atomic E-state index is -0.480. The van der Waals surface area contributed by atoms with Crippen molar-refractivity contribution < 1.29 is 9.59 Å². The Balaban J connectivity index is 3.89. The van der Waals surface area contributed by atoms with Crippen LogP contribution < -0.4 is 10.5 Å². The van der Waals surface area contributed by atoms with E-state index in [4.69, 9.17) is 5.14 Å². The lowest BCUT2D eigenvalue weighted by Crippen LogP contribution is -2.39. The van der Waals surface area contributed by atoms with Gasteiger partial charge >= 0.3 is 0 Å². The van der Waals surface area contributed by atoms with Gasteiger partial charge in [-0.05, 0) is 0 Å². The van der Waals surface area contributed by atoms with Gasteiger partial charge in [0.25, 0.3) is 0 Å². The fraction of sp³-hybridized carbons (Fsp3) is 0.750. The van der Waals surface area contributed by atoms with Gasteiger partial charge in [0.15, 0.2) is 0 Å². The predicted molar refractivity (Wildman–Crippen MR) is 53.7 cm³/mol. The number of nitrogens with two attached hydrogens (primary N) is 1. The summed E-state index contributed by atoms with van der Waals surface area (Å²) in [7, 11) is 0. The second-order valence-corrected chi connectivity index (χ2v) is 4.54. The number of hydrogen-bond acceptors (Lipinski definition) is 4. The fourth-order valence-corrected chi connectivity index (χ4v) is 0.803. The molecule has 0 aromatic carbocycles. The summed E-state index contributed by atoms with van der Waals surface area (Å²) in [5.41, 5.74) is -0.438. The lowest BCUT2D eigenvalue weighted by molar-refractivity contribution is -0.128. The third-order valence-electron chi connectivity index (χ3n) is 1.42. The highest BCUT2D eigenvalue weighted by molar-refractivity contribution is 7.98. The summed E-state index contributed by atoms with van der Waals surface area (Å²) in [4.78, 5) is 21.5. The smallest absolute Gasteiger partial charge is 0.225 e. The van der Waals surface area contributed by atoms with Gasteiger partial charge in [0.05, 0.1) is 0 Å². The number of carbonyl (C=O) groups excluding carboxylic acids is 2. The maximum absolute atomic E-state index is 11.3. The van der Waals surface area contributed by atoms with Gasteiger partial charge in [-0.3, -0.25) is 14.7 Å². The van der Waals surface area contributed by atoms with E-state index in [1.54, 1.807) is 27.1 Å². The Morgan fingerprint density at radius 3 is 2.46 bits per heavy atom. The summed E-state index contributed by atoms with van der Waals surface area (Å²) < 4.78 is 0. The summed E-state index contributed by atoms with van der Waals surface area (Å²) in [5, 5.41) is 7.32. The summed E-state index contributed by atoms with van der Waals surface area (Å²) in [6.07, 6.45) is 1.73. The molecule has 1 unspecified atom stereocenters. The molecule has 13 heavy (non-hydrogen) atoms. The zero-order valence-corrected chi connectivity index (χ0v) is 8.90. The molecule has 5 heteroatoms. The molecule has 1 atom stereocenters. The summed E-state index contributed by atoms with van der Waals surface area (Å²) in [6, 6.07) is 0. The van der Waals surface area contributed by atoms with Crippen LogP contribution in [0.1, 0.15) is 20.8 Å². The van der Waals surface area contributed by atoms with Crippen molar-refractivity contribution in [1.82, 2.24) is 5.32 Å². The molecule has 0 aliphatic heterocycles. The van der Waals surface area contributed by atoms with Crippen LogP contribution in [-0.2, 0) is 9.59 Å². The van der Waals surface area contributed by atoms with Gasteiger partial charge in [0.2, 0.25) is 12.2 Å². The van der Waals surface area contributed by atoms with Crippen LogP contribution in [0.5, 0.6) is 0 Å². The van der Waals surface area contributed by atoms with Crippen LogP contribution in [0.15, 0.2) is 0 Å². The Bertz CT molecular complexity index is 189. The zero-order valence-electron chi connectivity index (χ0n) is 8.09. The van der Waals surface area contributed by atoms with Crippen LogP contribution in [0.2, 0.25) is 0 Å². The third kappa shape index (κ3) is 4.90. The predicted octanol–water partition coefficient (Wildman–Crippen LogP) is 0.234. The normalized spacial score (nSPS) is 13.5. The van der Waals surface area contributed by atoms with Crippen LogP contribution in [0.25, 0.3) is 0 Å². The Morgan fingerprint density at radius 2 is 2.15 bits per heavy atom. The van der Waals surface area contributed by atoms with Gasteiger partial charge in [0.1, 0.15) is 5.25 Å². The molecule has 4 nitrogen and oxygen atoms in total. The van der Waals surface area contributed by atoms with E-state index in [-0.39, 0.29) is 12.5 Å². The number of rotatable bonds is 4. The first-order chi connectivity index (χ1) is 5.91. The molecule has 0 aliphatic carbocycles. The average Bonchev–Trinajstić information content (AvgIpc) is 2.04. The second-order valence-electron chi connectivity index (χ2n) is 3.70. The molecule has 3 N–H and O–H groups in total. The number of nitrogens with one attached hydrogen (secondary N) is 1. The van der Waals surface area contributed by atoms with Crippen molar-refractivity contribution in [2.75, 3.05) is 6.54 Å². The molecule has 0 fully saturated rings. The lowest BCUT2D eigenvalue weighted by atomic mass is 9.96. The van der Waals surface area contributed by atoms with Crippen molar-refractivity contribution in [1.29, 1.82) is 0 Å². The molecule has 0 saturated carbocycles. The van der Waals surface area contributed by atoms with E-state index in [1.165, 1.54) is 0 Å². The molecule has 0 heterocycles. The SMILES string of the molecule is CC(C)(C)C(=O)NCC([C]=O)SN. The van der Waals surface area contributed by atoms with E-state index in [2.05, 4.69) is 5.32 Å². The summed E-state index contributed by atoms with van der Waals surface area (Å²) in [6.45, 7) is 5.65. The number of hydrogen-bond donors (Lipinski definition) is 2. The first-order valence-corrected chi connectivity index (χ1v) is 4.87.